The van der Waals surface area contributed by atoms with Crippen molar-refractivity contribution in [3.63, 3.8) is 0 Å². The Hall–Kier alpha value is -0.830. The van der Waals surface area contributed by atoms with Crippen LogP contribution in [0, 0.1) is 0 Å². The van der Waals surface area contributed by atoms with Gasteiger partial charge in [0.2, 0.25) is 0 Å². The quantitative estimate of drug-likeness (QED) is 0.452. The van der Waals surface area contributed by atoms with Crippen LogP contribution in [-0.4, -0.2) is 22.3 Å². The summed E-state index contributed by atoms with van der Waals surface area (Å²) in [6.07, 6.45) is 4.32. The van der Waals surface area contributed by atoms with E-state index >= 15 is 0 Å². The van der Waals surface area contributed by atoms with E-state index in [1.54, 1.807) is 0 Å². The van der Waals surface area contributed by atoms with Gasteiger partial charge < -0.3 is 10.2 Å². The van der Waals surface area contributed by atoms with Crippen LogP contribution in [0.1, 0.15) is 32.1 Å². The SMILES string of the molecule is C=CCCCCC(O)CC(=O)O. The molecule has 0 rings (SSSR count). The van der Waals surface area contributed by atoms with Crippen LogP contribution in [0.5, 0.6) is 0 Å². The number of carboxylic acids is 1. The zero-order valence-electron chi connectivity index (χ0n) is 7.20. The molecule has 0 saturated heterocycles. The Labute approximate surface area is 72.7 Å². The van der Waals surface area contributed by atoms with E-state index in [-0.39, 0.29) is 6.42 Å². The van der Waals surface area contributed by atoms with Crippen LogP contribution in [0.4, 0.5) is 0 Å². The van der Waals surface area contributed by atoms with E-state index < -0.39 is 12.1 Å². The maximum absolute atomic E-state index is 10.1. The lowest BCUT2D eigenvalue weighted by atomic mass is 10.1. The van der Waals surface area contributed by atoms with E-state index in [1.165, 1.54) is 0 Å². The molecule has 1 atom stereocenters. The summed E-state index contributed by atoms with van der Waals surface area (Å²) >= 11 is 0. The molecular formula is C9H16O3. The van der Waals surface area contributed by atoms with Crippen LogP contribution in [0.25, 0.3) is 0 Å². The van der Waals surface area contributed by atoms with E-state index in [0.29, 0.717) is 6.42 Å². The molecular weight excluding hydrogens is 156 g/mol. The number of hydrogen-bond donors (Lipinski definition) is 2. The predicted molar refractivity (Wildman–Crippen MR) is 46.9 cm³/mol. The second-order valence-corrected chi connectivity index (χ2v) is 2.82. The summed E-state index contributed by atoms with van der Waals surface area (Å²) in [6, 6.07) is 0. The average Bonchev–Trinajstić information content (AvgIpc) is 1.97. The van der Waals surface area contributed by atoms with E-state index in [1.807, 2.05) is 6.08 Å². The van der Waals surface area contributed by atoms with Crippen molar-refractivity contribution in [2.45, 2.75) is 38.2 Å². The van der Waals surface area contributed by atoms with Crippen molar-refractivity contribution in [1.29, 1.82) is 0 Å². The number of aliphatic hydroxyl groups is 1. The third kappa shape index (κ3) is 7.28. The lowest BCUT2D eigenvalue weighted by Crippen LogP contribution is -2.12. The van der Waals surface area contributed by atoms with Gasteiger partial charge in [-0.05, 0) is 19.3 Å². The molecule has 0 amide bonds. The smallest absolute Gasteiger partial charge is 0.305 e. The van der Waals surface area contributed by atoms with Crippen LogP contribution >= 0.6 is 0 Å². The summed E-state index contributed by atoms with van der Waals surface area (Å²) in [4.78, 5) is 10.1. The minimum Gasteiger partial charge on any atom is -0.481 e. The van der Waals surface area contributed by atoms with Gasteiger partial charge >= 0.3 is 5.97 Å². The highest BCUT2D eigenvalue weighted by atomic mass is 16.4. The first-order chi connectivity index (χ1) is 5.66. The number of rotatable bonds is 7. The van der Waals surface area contributed by atoms with Gasteiger partial charge in [0.05, 0.1) is 12.5 Å². The molecule has 0 heterocycles. The Bertz CT molecular complexity index is 143. The highest BCUT2D eigenvalue weighted by Gasteiger charge is 2.07. The highest BCUT2D eigenvalue weighted by molar-refractivity contribution is 5.67. The maximum Gasteiger partial charge on any atom is 0.305 e. The Balaban J connectivity index is 3.24. The number of aliphatic hydroxyl groups excluding tert-OH is 1. The Morgan fingerprint density at radius 1 is 1.50 bits per heavy atom. The van der Waals surface area contributed by atoms with Crippen molar-refractivity contribution in [2.75, 3.05) is 0 Å². The molecule has 0 aliphatic carbocycles. The molecule has 0 aromatic rings. The first kappa shape index (κ1) is 11.2. The molecule has 2 N–H and O–H groups in total. The van der Waals surface area contributed by atoms with Crippen LogP contribution in [-0.2, 0) is 4.79 Å². The van der Waals surface area contributed by atoms with Gasteiger partial charge in [-0.3, -0.25) is 4.79 Å². The fraction of sp³-hybridized carbons (Fsp3) is 0.667. The van der Waals surface area contributed by atoms with Gasteiger partial charge in [0.15, 0.2) is 0 Å². The normalized spacial score (nSPS) is 12.4. The van der Waals surface area contributed by atoms with Gasteiger partial charge in [0.1, 0.15) is 0 Å². The van der Waals surface area contributed by atoms with E-state index in [2.05, 4.69) is 6.58 Å². The molecule has 0 bridgehead atoms. The molecule has 3 nitrogen and oxygen atoms in total. The van der Waals surface area contributed by atoms with Crippen molar-refractivity contribution in [3.8, 4) is 0 Å². The van der Waals surface area contributed by atoms with Crippen LogP contribution in [0.15, 0.2) is 12.7 Å². The number of carboxylic acid groups (broad SMARTS) is 1. The first-order valence-electron chi connectivity index (χ1n) is 4.17. The Kier molecular flexibility index (Phi) is 6.38. The van der Waals surface area contributed by atoms with Crippen molar-refractivity contribution in [1.82, 2.24) is 0 Å². The fourth-order valence-electron chi connectivity index (χ4n) is 0.972. The lowest BCUT2D eigenvalue weighted by Gasteiger charge is -2.05. The Morgan fingerprint density at radius 2 is 2.17 bits per heavy atom. The predicted octanol–water partition coefficient (Wildman–Crippen LogP) is 1.57. The van der Waals surface area contributed by atoms with Gasteiger partial charge in [-0.15, -0.1) is 6.58 Å². The molecule has 0 radical (unpaired) electrons. The van der Waals surface area contributed by atoms with Crippen molar-refractivity contribution in [3.05, 3.63) is 12.7 Å². The lowest BCUT2D eigenvalue weighted by molar-refractivity contribution is -0.139. The summed E-state index contributed by atoms with van der Waals surface area (Å²) in [5, 5.41) is 17.4. The summed E-state index contributed by atoms with van der Waals surface area (Å²) in [5.41, 5.74) is 0. The molecule has 0 aliphatic heterocycles. The largest absolute Gasteiger partial charge is 0.481 e. The van der Waals surface area contributed by atoms with Crippen LogP contribution in [0.2, 0.25) is 0 Å². The van der Waals surface area contributed by atoms with Gasteiger partial charge in [0.25, 0.3) is 0 Å². The fourth-order valence-corrected chi connectivity index (χ4v) is 0.972. The summed E-state index contributed by atoms with van der Waals surface area (Å²) < 4.78 is 0. The first-order valence-corrected chi connectivity index (χ1v) is 4.17. The van der Waals surface area contributed by atoms with Crippen molar-refractivity contribution >= 4 is 5.97 Å². The number of unbranched alkanes of at least 4 members (excludes halogenated alkanes) is 2. The summed E-state index contributed by atoms with van der Waals surface area (Å²) in [6.45, 7) is 3.57. The molecule has 70 valence electrons. The number of allylic oxidation sites excluding steroid dienone is 1. The Morgan fingerprint density at radius 3 is 2.67 bits per heavy atom. The topological polar surface area (TPSA) is 57.5 Å². The third-order valence-corrected chi connectivity index (χ3v) is 1.61. The van der Waals surface area contributed by atoms with E-state index in [9.17, 15) is 4.79 Å². The molecule has 0 aliphatic rings. The number of carbonyl (C=O) groups is 1. The zero-order valence-corrected chi connectivity index (χ0v) is 7.20. The molecule has 0 aromatic carbocycles. The number of aliphatic carboxylic acids is 1. The molecule has 0 fully saturated rings. The van der Waals surface area contributed by atoms with E-state index in [4.69, 9.17) is 10.2 Å². The minimum absolute atomic E-state index is 0.145. The van der Waals surface area contributed by atoms with Gasteiger partial charge in [-0.2, -0.15) is 0 Å². The molecule has 12 heavy (non-hydrogen) atoms. The molecule has 3 heteroatoms. The van der Waals surface area contributed by atoms with Crippen LogP contribution in [0.3, 0.4) is 0 Å². The van der Waals surface area contributed by atoms with Gasteiger partial charge in [0, 0.05) is 0 Å². The summed E-state index contributed by atoms with van der Waals surface area (Å²) in [5.74, 6) is -0.939. The number of hydrogen-bond acceptors (Lipinski definition) is 2. The summed E-state index contributed by atoms with van der Waals surface area (Å²) in [7, 11) is 0. The monoisotopic (exact) mass is 172 g/mol. The zero-order chi connectivity index (χ0) is 9.40. The second-order valence-electron chi connectivity index (χ2n) is 2.82. The standard InChI is InChI=1S/C9H16O3/c1-2-3-4-5-6-8(10)7-9(11)12/h2,8,10H,1,3-7H2,(H,11,12). The minimum atomic E-state index is -0.939. The van der Waals surface area contributed by atoms with Gasteiger partial charge in [-0.1, -0.05) is 12.5 Å². The van der Waals surface area contributed by atoms with Crippen molar-refractivity contribution < 1.29 is 15.0 Å². The molecule has 0 spiro atoms. The third-order valence-electron chi connectivity index (χ3n) is 1.61. The molecule has 1 unspecified atom stereocenters. The highest BCUT2D eigenvalue weighted by Crippen LogP contribution is 2.06. The molecule has 0 saturated carbocycles. The average molecular weight is 172 g/mol. The van der Waals surface area contributed by atoms with Gasteiger partial charge in [-0.25, -0.2) is 0 Å². The van der Waals surface area contributed by atoms with E-state index in [0.717, 1.165) is 19.3 Å². The maximum atomic E-state index is 10.1. The van der Waals surface area contributed by atoms with Crippen molar-refractivity contribution in [2.24, 2.45) is 0 Å². The van der Waals surface area contributed by atoms with Crippen LogP contribution < -0.4 is 0 Å². The molecule has 0 aromatic heterocycles. The second kappa shape index (κ2) is 6.85.